The predicted octanol–water partition coefficient (Wildman–Crippen LogP) is 16.9. The molecule has 0 fully saturated rings. The second-order valence-corrected chi connectivity index (χ2v) is 17.5. The van der Waals surface area contributed by atoms with E-state index in [0.717, 1.165) is 17.1 Å². The van der Waals surface area contributed by atoms with E-state index in [9.17, 15) is 0 Å². The molecule has 0 aliphatic heterocycles. The van der Waals surface area contributed by atoms with Crippen LogP contribution in [0.4, 0.5) is 17.1 Å². The minimum Gasteiger partial charge on any atom is -0.310 e. The molecule has 0 unspecified atom stereocenters. The lowest BCUT2D eigenvalue weighted by Crippen LogP contribution is -2.28. The zero-order valence-electron chi connectivity index (χ0n) is 34.5. The van der Waals surface area contributed by atoms with Crippen molar-refractivity contribution in [2.75, 3.05) is 4.90 Å². The van der Waals surface area contributed by atoms with Gasteiger partial charge in [-0.05, 0) is 115 Å². The molecule has 1 heterocycles. The Morgan fingerprint density at radius 1 is 0.286 bits per heavy atom. The highest BCUT2D eigenvalue weighted by Crippen LogP contribution is 2.56. The SMILES string of the molecule is c1ccc(-c2ccc(N(c3cc(-c4ccccc4)cc(-c4ccccc4)c3)c3ccc4c(c3)sc3cc(C5(c6ccccc6)c6ccccc6-c6ccccc65)ccc34)cc2)cc1. The second-order valence-electron chi connectivity index (χ2n) is 16.4. The molecule has 0 N–H and O–H groups in total. The molecule has 11 aromatic rings. The van der Waals surface area contributed by atoms with Crippen molar-refractivity contribution in [1.82, 2.24) is 0 Å². The van der Waals surface area contributed by atoms with Crippen molar-refractivity contribution >= 4 is 48.6 Å². The minimum atomic E-state index is -0.438. The van der Waals surface area contributed by atoms with Gasteiger partial charge in [0.25, 0.3) is 0 Å². The van der Waals surface area contributed by atoms with Crippen LogP contribution in [0.15, 0.2) is 249 Å². The number of anilines is 3. The molecule has 0 atom stereocenters. The first-order valence-corrected chi connectivity index (χ1v) is 22.5. The molecule has 63 heavy (non-hydrogen) atoms. The molecule has 0 saturated carbocycles. The van der Waals surface area contributed by atoms with Crippen molar-refractivity contribution in [1.29, 1.82) is 0 Å². The van der Waals surface area contributed by atoms with E-state index in [1.165, 1.54) is 86.9 Å². The third-order valence-corrected chi connectivity index (χ3v) is 14.0. The molecule has 0 saturated heterocycles. The molecular weight excluding hydrogens is 779 g/mol. The quantitative estimate of drug-likeness (QED) is 0.148. The smallest absolute Gasteiger partial charge is 0.0714 e. The van der Waals surface area contributed by atoms with Crippen LogP contribution in [0.25, 0.3) is 64.7 Å². The van der Waals surface area contributed by atoms with Gasteiger partial charge in [-0.15, -0.1) is 11.3 Å². The average molecular weight is 820 g/mol. The maximum absolute atomic E-state index is 2.47. The zero-order chi connectivity index (χ0) is 41.7. The highest BCUT2D eigenvalue weighted by Gasteiger charge is 2.46. The number of benzene rings is 10. The van der Waals surface area contributed by atoms with Gasteiger partial charge in [0, 0.05) is 37.2 Å². The van der Waals surface area contributed by atoms with Crippen molar-refractivity contribution in [3.05, 3.63) is 271 Å². The number of hydrogen-bond donors (Lipinski definition) is 0. The van der Waals surface area contributed by atoms with Gasteiger partial charge in [-0.3, -0.25) is 0 Å². The molecule has 12 rings (SSSR count). The van der Waals surface area contributed by atoms with E-state index in [4.69, 9.17) is 0 Å². The van der Waals surface area contributed by atoms with Crippen molar-refractivity contribution in [2.24, 2.45) is 0 Å². The van der Waals surface area contributed by atoms with E-state index in [0.29, 0.717) is 0 Å². The van der Waals surface area contributed by atoms with Crippen LogP contribution >= 0.6 is 11.3 Å². The minimum absolute atomic E-state index is 0.438. The van der Waals surface area contributed by atoms with Gasteiger partial charge in [-0.25, -0.2) is 0 Å². The van der Waals surface area contributed by atoms with E-state index in [2.05, 4.69) is 254 Å². The standard InChI is InChI=1S/C61H41NS/c1-5-17-42(18-6-1)45-29-32-50(33-30-45)62(52-38-46(43-19-7-2-8-20-43)37-47(39-52)44-21-9-3-10-22-44)51-34-36-56-55-35-31-49(40-59(55)63-60(56)41-51)61(48-23-11-4-12-24-48)57-27-15-13-25-53(57)54-26-14-16-28-58(54)61/h1-41H. The Hall–Kier alpha value is -7.78. The van der Waals surface area contributed by atoms with E-state index in [1.807, 2.05) is 11.3 Å². The number of nitrogens with zero attached hydrogens (tertiary/aromatic N) is 1. The van der Waals surface area contributed by atoms with Gasteiger partial charge >= 0.3 is 0 Å². The first kappa shape index (κ1) is 37.0. The van der Waals surface area contributed by atoms with Crippen LogP contribution in [0.1, 0.15) is 22.3 Å². The maximum Gasteiger partial charge on any atom is 0.0714 e. The summed E-state index contributed by atoms with van der Waals surface area (Å²) in [6.07, 6.45) is 0. The topological polar surface area (TPSA) is 3.24 Å². The molecule has 1 aromatic heterocycles. The van der Waals surface area contributed by atoms with E-state index < -0.39 is 5.41 Å². The van der Waals surface area contributed by atoms with Crippen molar-refractivity contribution in [3.8, 4) is 44.5 Å². The number of fused-ring (bicyclic) bond motifs is 6. The van der Waals surface area contributed by atoms with E-state index in [1.54, 1.807) is 0 Å². The molecular formula is C61H41NS. The van der Waals surface area contributed by atoms with Crippen LogP contribution in [-0.4, -0.2) is 0 Å². The maximum atomic E-state index is 2.47. The average Bonchev–Trinajstić information content (AvgIpc) is 3.88. The Morgan fingerprint density at radius 3 is 1.30 bits per heavy atom. The molecule has 0 bridgehead atoms. The summed E-state index contributed by atoms with van der Waals surface area (Å²) in [5.74, 6) is 0. The lowest BCUT2D eigenvalue weighted by Gasteiger charge is -2.33. The van der Waals surface area contributed by atoms with E-state index >= 15 is 0 Å². The normalized spacial score (nSPS) is 12.6. The predicted molar refractivity (Wildman–Crippen MR) is 268 cm³/mol. The van der Waals surface area contributed by atoms with Crippen molar-refractivity contribution in [2.45, 2.75) is 5.41 Å². The molecule has 1 aliphatic rings. The molecule has 10 aromatic carbocycles. The molecule has 0 amide bonds. The van der Waals surface area contributed by atoms with Crippen molar-refractivity contribution < 1.29 is 0 Å². The first-order chi connectivity index (χ1) is 31.2. The van der Waals surface area contributed by atoms with Crippen LogP contribution in [0.2, 0.25) is 0 Å². The number of thiophene rings is 1. The Balaban J connectivity index is 1.04. The van der Waals surface area contributed by atoms with Crippen LogP contribution in [-0.2, 0) is 5.41 Å². The molecule has 296 valence electrons. The second kappa shape index (κ2) is 15.3. The Morgan fingerprint density at radius 2 is 0.730 bits per heavy atom. The molecule has 2 heteroatoms. The van der Waals surface area contributed by atoms with Crippen LogP contribution in [0.5, 0.6) is 0 Å². The van der Waals surface area contributed by atoms with Gasteiger partial charge in [0.2, 0.25) is 0 Å². The van der Waals surface area contributed by atoms with Crippen LogP contribution in [0.3, 0.4) is 0 Å². The third kappa shape index (κ3) is 6.22. The van der Waals surface area contributed by atoms with Gasteiger partial charge in [-0.2, -0.15) is 0 Å². The summed E-state index contributed by atoms with van der Waals surface area (Å²) in [6.45, 7) is 0. The lowest BCUT2D eigenvalue weighted by molar-refractivity contribution is 0.770. The summed E-state index contributed by atoms with van der Waals surface area (Å²) in [5.41, 5.74) is 17.9. The number of rotatable bonds is 8. The molecule has 1 nitrogen and oxygen atoms in total. The van der Waals surface area contributed by atoms with Crippen LogP contribution < -0.4 is 4.90 Å². The number of hydrogen-bond acceptors (Lipinski definition) is 2. The fourth-order valence-electron chi connectivity index (χ4n) is 10.1. The summed E-state index contributed by atoms with van der Waals surface area (Å²) in [5, 5.41) is 2.55. The Kier molecular flexibility index (Phi) is 8.98. The highest BCUT2D eigenvalue weighted by molar-refractivity contribution is 7.25. The van der Waals surface area contributed by atoms with E-state index in [-0.39, 0.29) is 0 Å². The van der Waals surface area contributed by atoms with Gasteiger partial charge < -0.3 is 4.90 Å². The molecule has 0 radical (unpaired) electrons. The summed E-state index contributed by atoms with van der Waals surface area (Å²) in [4.78, 5) is 2.43. The Bertz CT molecular complexity index is 3320. The summed E-state index contributed by atoms with van der Waals surface area (Å²) >= 11 is 1.89. The summed E-state index contributed by atoms with van der Waals surface area (Å²) < 4.78 is 2.54. The lowest BCUT2D eigenvalue weighted by atomic mass is 9.67. The first-order valence-electron chi connectivity index (χ1n) is 21.7. The highest BCUT2D eigenvalue weighted by atomic mass is 32.1. The fourth-order valence-corrected chi connectivity index (χ4v) is 11.2. The molecule has 1 aliphatic carbocycles. The van der Waals surface area contributed by atoms with Gasteiger partial charge in [-0.1, -0.05) is 200 Å². The monoisotopic (exact) mass is 819 g/mol. The summed E-state index contributed by atoms with van der Waals surface area (Å²) in [7, 11) is 0. The zero-order valence-corrected chi connectivity index (χ0v) is 35.3. The Labute approximate surface area is 372 Å². The largest absolute Gasteiger partial charge is 0.310 e. The van der Waals surface area contributed by atoms with Gasteiger partial charge in [0.05, 0.1) is 5.41 Å². The third-order valence-electron chi connectivity index (χ3n) is 12.9. The molecule has 0 spiro atoms. The fraction of sp³-hybridized carbons (Fsp3) is 0.0164. The van der Waals surface area contributed by atoms with Crippen molar-refractivity contribution in [3.63, 3.8) is 0 Å². The summed E-state index contributed by atoms with van der Waals surface area (Å²) in [6, 6.07) is 91.5. The van der Waals surface area contributed by atoms with Gasteiger partial charge in [0.1, 0.15) is 0 Å². The van der Waals surface area contributed by atoms with Crippen LogP contribution in [0, 0.1) is 0 Å². The van der Waals surface area contributed by atoms with Gasteiger partial charge in [0.15, 0.2) is 0 Å².